The number of rotatable bonds is 5. The van der Waals surface area contributed by atoms with Crippen LogP contribution < -0.4 is 4.74 Å². The van der Waals surface area contributed by atoms with Gasteiger partial charge in [0.1, 0.15) is 5.75 Å². The summed E-state index contributed by atoms with van der Waals surface area (Å²) in [5.74, 6) is 0.906. The highest BCUT2D eigenvalue weighted by Crippen LogP contribution is 2.33. The Morgan fingerprint density at radius 3 is 3.00 bits per heavy atom. The summed E-state index contributed by atoms with van der Waals surface area (Å²) >= 11 is 6.08. The first-order valence-corrected chi connectivity index (χ1v) is 6.63. The topological polar surface area (TPSA) is 38.7 Å². The highest BCUT2D eigenvalue weighted by molar-refractivity contribution is 6.30. The molecule has 0 spiro atoms. The minimum atomic E-state index is -0.438. The van der Waals surface area contributed by atoms with Crippen molar-refractivity contribution in [2.24, 2.45) is 0 Å². The zero-order chi connectivity index (χ0) is 13.1. The molecule has 0 saturated carbocycles. The van der Waals surface area contributed by atoms with Gasteiger partial charge in [-0.3, -0.25) is 0 Å². The second-order valence-electron chi connectivity index (χ2n) is 4.79. The van der Waals surface area contributed by atoms with Gasteiger partial charge in [0.05, 0.1) is 18.8 Å². The number of aliphatic hydroxyl groups excluding tert-OH is 1. The summed E-state index contributed by atoms with van der Waals surface area (Å²) < 4.78 is 10.8. The number of fused-ring (bicyclic) bond motifs is 1. The summed E-state index contributed by atoms with van der Waals surface area (Å²) in [5.41, 5.74) is 2.13. The van der Waals surface area contributed by atoms with E-state index in [4.69, 9.17) is 21.1 Å². The van der Waals surface area contributed by atoms with Gasteiger partial charge in [0, 0.05) is 25.0 Å². The third-order valence-corrected chi connectivity index (χ3v) is 3.51. The monoisotopic (exact) mass is 270 g/mol. The van der Waals surface area contributed by atoms with Crippen LogP contribution in [0, 0.1) is 0 Å². The molecule has 1 heterocycles. The largest absolute Gasteiger partial charge is 0.493 e. The SMILES string of the molecule is COC(C)CC(O)Cc1cc(Cl)cc2c1OCC2. The van der Waals surface area contributed by atoms with Crippen molar-refractivity contribution in [3.8, 4) is 5.75 Å². The lowest BCUT2D eigenvalue weighted by molar-refractivity contribution is 0.0563. The fraction of sp³-hybridized carbons (Fsp3) is 0.571. The van der Waals surface area contributed by atoms with Crippen LogP contribution in [0.5, 0.6) is 5.75 Å². The van der Waals surface area contributed by atoms with Gasteiger partial charge in [-0.2, -0.15) is 0 Å². The molecule has 0 aliphatic carbocycles. The summed E-state index contributed by atoms with van der Waals surface area (Å²) in [6, 6.07) is 3.82. The van der Waals surface area contributed by atoms with E-state index in [-0.39, 0.29) is 6.10 Å². The molecule has 4 heteroatoms. The summed E-state index contributed by atoms with van der Waals surface area (Å²) in [7, 11) is 1.65. The van der Waals surface area contributed by atoms with E-state index in [1.54, 1.807) is 7.11 Å². The van der Waals surface area contributed by atoms with Gasteiger partial charge in [0.15, 0.2) is 0 Å². The molecule has 2 atom stereocenters. The van der Waals surface area contributed by atoms with Crippen LogP contribution in [0.3, 0.4) is 0 Å². The Labute approximate surface area is 113 Å². The molecule has 1 aromatic rings. The maximum absolute atomic E-state index is 10.0. The van der Waals surface area contributed by atoms with E-state index in [0.717, 1.165) is 23.3 Å². The second kappa shape index (κ2) is 5.91. The molecule has 1 aliphatic rings. The van der Waals surface area contributed by atoms with Crippen molar-refractivity contribution < 1.29 is 14.6 Å². The maximum atomic E-state index is 10.0. The number of aliphatic hydroxyl groups is 1. The zero-order valence-electron chi connectivity index (χ0n) is 10.8. The van der Waals surface area contributed by atoms with Crippen LogP contribution in [0.4, 0.5) is 0 Å². The van der Waals surface area contributed by atoms with Crippen molar-refractivity contribution in [3.63, 3.8) is 0 Å². The molecule has 18 heavy (non-hydrogen) atoms. The molecule has 0 amide bonds. The average Bonchev–Trinajstić information content (AvgIpc) is 2.76. The molecule has 0 fully saturated rings. The average molecular weight is 271 g/mol. The van der Waals surface area contributed by atoms with Crippen LogP contribution in [-0.4, -0.2) is 31.0 Å². The number of methoxy groups -OCH3 is 1. The molecule has 0 bridgehead atoms. The Balaban J connectivity index is 2.09. The van der Waals surface area contributed by atoms with Gasteiger partial charge < -0.3 is 14.6 Å². The molecule has 1 aromatic carbocycles. The predicted octanol–water partition coefficient (Wildman–Crippen LogP) is 2.60. The number of benzene rings is 1. The standard InChI is InChI=1S/C14H19ClO3/c1-9(17-2)5-13(16)8-11-7-12(15)6-10-3-4-18-14(10)11/h6-7,9,13,16H,3-5,8H2,1-2H3. The van der Waals surface area contributed by atoms with Gasteiger partial charge in [0.2, 0.25) is 0 Å². The Kier molecular flexibility index (Phi) is 4.49. The Bertz CT molecular complexity index is 420. The van der Waals surface area contributed by atoms with Gasteiger partial charge in [-0.05, 0) is 36.6 Å². The molecule has 0 saturated heterocycles. The minimum absolute atomic E-state index is 0.0492. The molecule has 1 N–H and O–H groups in total. The van der Waals surface area contributed by atoms with Crippen LogP contribution in [-0.2, 0) is 17.6 Å². The van der Waals surface area contributed by atoms with Crippen molar-refractivity contribution in [1.82, 2.24) is 0 Å². The van der Waals surface area contributed by atoms with E-state index in [0.29, 0.717) is 24.5 Å². The lowest BCUT2D eigenvalue weighted by Gasteiger charge is -2.17. The van der Waals surface area contributed by atoms with E-state index in [1.807, 2.05) is 19.1 Å². The third-order valence-electron chi connectivity index (χ3n) is 3.29. The molecule has 1 aliphatic heterocycles. The van der Waals surface area contributed by atoms with E-state index >= 15 is 0 Å². The number of hydrogen-bond acceptors (Lipinski definition) is 3. The zero-order valence-corrected chi connectivity index (χ0v) is 11.5. The molecule has 100 valence electrons. The molecule has 0 radical (unpaired) electrons. The van der Waals surface area contributed by atoms with Gasteiger partial charge in [-0.15, -0.1) is 0 Å². The van der Waals surface area contributed by atoms with Crippen LogP contribution in [0.2, 0.25) is 5.02 Å². The molecular formula is C14H19ClO3. The summed E-state index contributed by atoms with van der Waals surface area (Å²) in [4.78, 5) is 0. The van der Waals surface area contributed by atoms with Crippen molar-refractivity contribution in [2.45, 2.75) is 38.4 Å². The second-order valence-corrected chi connectivity index (χ2v) is 5.23. The first kappa shape index (κ1) is 13.7. The van der Waals surface area contributed by atoms with Crippen molar-refractivity contribution in [1.29, 1.82) is 0 Å². The minimum Gasteiger partial charge on any atom is -0.493 e. The van der Waals surface area contributed by atoms with Gasteiger partial charge in [-0.1, -0.05) is 11.6 Å². The molecule has 2 rings (SSSR count). The van der Waals surface area contributed by atoms with E-state index in [9.17, 15) is 5.11 Å². The molecule has 0 aromatic heterocycles. The Hall–Kier alpha value is -0.770. The first-order valence-electron chi connectivity index (χ1n) is 6.25. The van der Waals surface area contributed by atoms with Crippen molar-refractivity contribution in [2.75, 3.05) is 13.7 Å². The van der Waals surface area contributed by atoms with Crippen LogP contribution >= 0.6 is 11.6 Å². The summed E-state index contributed by atoms with van der Waals surface area (Å²) in [6.07, 6.45) is 1.67. The molecular weight excluding hydrogens is 252 g/mol. The highest BCUT2D eigenvalue weighted by atomic mass is 35.5. The maximum Gasteiger partial charge on any atom is 0.126 e. The van der Waals surface area contributed by atoms with Crippen LogP contribution in [0.25, 0.3) is 0 Å². The lowest BCUT2D eigenvalue weighted by Crippen LogP contribution is -2.19. The van der Waals surface area contributed by atoms with Crippen LogP contribution in [0.15, 0.2) is 12.1 Å². The molecule has 3 nitrogen and oxygen atoms in total. The number of hydrogen-bond donors (Lipinski definition) is 1. The quantitative estimate of drug-likeness (QED) is 0.894. The van der Waals surface area contributed by atoms with Crippen molar-refractivity contribution >= 4 is 11.6 Å². The van der Waals surface area contributed by atoms with Gasteiger partial charge in [0.25, 0.3) is 0 Å². The van der Waals surface area contributed by atoms with E-state index in [2.05, 4.69) is 0 Å². The fourth-order valence-corrected chi connectivity index (χ4v) is 2.58. The highest BCUT2D eigenvalue weighted by Gasteiger charge is 2.20. The summed E-state index contributed by atoms with van der Waals surface area (Å²) in [6.45, 7) is 2.65. The normalized spacial score (nSPS) is 17.1. The third kappa shape index (κ3) is 3.16. The number of ether oxygens (including phenoxy) is 2. The van der Waals surface area contributed by atoms with Gasteiger partial charge >= 0.3 is 0 Å². The Morgan fingerprint density at radius 2 is 2.28 bits per heavy atom. The fourth-order valence-electron chi connectivity index (χ4n) is 2.31. The smallest absolute Gasteiger partial charge is 0.126 e. The summed E-state index contributed by atoms with van der Waals surface area (Å²) in [5, 5.41) is 10.8. The van der Waals surface area contributed by atoms with E-state index < -0.39 is 6.10 Å². The predicted molar refractivity (Wildman–Crippen MR) is 71.4 cm³/mol. The molecule has 2 unspecified atom stereocenters. The first-order chi connectivity index (χ1) is 8.60. The van der Waals surface area contributed by atoms with Crippen LogP contribution in [0.1, 0.15) is 24.5 Å². The van der Waals surface area contributed by atoms with E-state index in [1.165, 1.54) is 0 Å². The Morgan fingerprint density at radius 1 is 1.50 bits per heavy atom. The van der Waals surface area contributed by atoms with Crippen molar-refractivity contribution in [3.05, 3.63) is 28.3 Å². The number of halogens is 1. The van der Waals surface area contributed by atoms with Gasteiger partial charge in [-0.25, -0.2) is 0 Å². The lowest BCUT2D eigenvalue weighted by atomic mass is 10.00.